The molecular formula is C63H45N3. The van der Waals surface area contributed by atoms with E-state index in [1.807, 2.05) is 0 Å². The third-order valence-electron chi connectivity index (χ3n) is 14.1. The van der Waals surface area contributed by atoms with Gasteiger partial charge in [-0.2, -0.15) is 0 Å². The van der Waals surface area contributed by atoms with Crippen LogP contribution in [0.4, 0.5) is 17.1 Å². The van der Waals surface area contributed by atoms with E-state index in [0.29, 0.717) is 0 Å². The van der Waals surface area contributed by atoms with Crippen LogP contribution in [0.2, 0.25) is 0 Å². The second kappa shape index (κ2) is 14.8. The maximum atomic E-state index is 3.83. The molecule has 0 atom stereocenters. The highest BCUT2D eigenvalue weighted by molar-refractivity contribution is 6.17. The largest absolute Gasteiger partial charge is 0.354 e. The molecule has 0 aliphatic heterocycles. The highest BCUT2D eigenvalue weighted by atomic mass is 15.1. The van der Waals surface area contributed by atoms with Gasteiger partial charge in [0.25, 0.3) is 0 Å². The van der Waals surface area contributed by atoms with Crippen molar-refractivity contribution in [2.75, 3.05) is 4.90 Å². The molecule has 0 saturated heterocycles. The minimum absolute atomic E-state index is 0.138. The first-order chi connectivity index (χ1) is 32.5. The Kier molecular flexibility index (Phi) is 8.56. The molecule has 0 fully saturated rings. The summed E-state index contributed by atoms with van der Waals surface area (Å²) in [6.07, 6.45) is 0. The maximum absolute atomic E-state index is 3.83. The summed E-state index contributed by atoms with van der Waals surface area (Å²) in [6, 6.07) is 84.6. The molecule has 12 aromatic rings. The number of fused-ring (bicyclic) bond motifs is 9. The fraction of sp³-hybridized carbons (Fsp3) is 0.0476. The Bertz CT molecular complexity index is 3850. The Balaban J connectivity index is 1.00. The number of hydrogen-bond donors (Lipinski definition) is 1. The van der Waals surface area contributed by atoms with Crippen molar-refractivity contribution in [1.82, 2.24) is 9.55 Å². The van der Waals surface area contributed by atoms with Crippen LogP contribution in [0.5, 0.6) is 0 Å². The molecule has 1 aliphatic carbocycles. The fourth-order valence-corrected chi connectivity index (χ4v) is 11.0. The molecule has 3 nitrogen and oxygen atoms in total. The highest BCUT2D eigenvalue weighted by Gasteiger charge is 2.38. The van der Waals surface area contributed by atoms with Gasteiger partial charge in [-0.25, -0.2) is 0 Å². The Hall–Kier alpha value is -8.40. The van der Waals surface area contributed by atoms with E-state index >= 15 is 0 Å². The number of nitrogens with one attached hydrogen (secondary N) is 1. The summed E-state index contributed by atoms with van der Waals surface area (Å²) < 4.78 is 2.41. The number of rotatable bonds is 7. The Morgan fingerprint density at radius 2 is 0.985 bits per heavy atom. The molecule has 0 amide bonds. The lowest BCUT2D eigenvalue weighted by Crippen LogP contribution is -2.16. The van der Waals surface area contributed by atoms with Crippen LogP contribution in [0.15, 0.2) is 231 Å². The molecular weight excluding hydrogens is 799 g/mol. The van der Waals surface area contributed by atoms with E-state index < -0.39 is 0 Å². The van der Waals surface area contributed by atoms with Crippen LogP contribution in [-0.2, 0) is 5.41 Å². The van der Waals surface area contributed by atoms with Gasteiger partial charge in [-0.05, 0) is 123 Å². The van der Waals surface area contributed by atoms with Crippen LogP contribution in [0.3, 0.4) is 0 Å². The summed E-state index contributed by atoms with van der Waals surface area (Å²) >= 11 is 0. The second-order valence-electron chi connectivity index (χ2n) is 18.2. The van der Waals surface area contributed by atoms with Crippen molar-refractivity contribution >= 4 is 60.7 Å². The zero-order valence-corrected chi connectivity index (χ0v) is 36.8. The summed E-state index contributed by atoms with van der Waals surface area (Å²) in [5.74, 6) is 0. The fourth-order valence-electron chi connectivity index (χ4n) is 11.0. The molecule has 1 aliphatic rings. The first-order valence-electron chi connectivity index (χ1n) is 22.9. The SMILES string of the molecule is CC1(C)c2ccccc2-c2c(N(c3cccc(-c4ccccc4)c3)c3cccc4[nH]c5ccc(-c6ccc7c(c6)c6ccccc6n7-c6cccc(-c7ccccc7)c6)cc5c34)cccc21. The molecule has 10 aromatic carbocycles. The van der Waals surface area contributed by atoms with Crippen molar-refractivity contribution in [2.45, 2.75) is 19.3 Å². The van der Waals surface area contributed by atoms with Gasteiger partial charge in [0.15, 0.2) is 0 Å². The quantitative estimate of drug-likeness (QED) is 0.170. The average Bonchev–Trinajstić information content (AvgIpc) is 4.00. The van der Waals surface area contributed by atoms with Gasteiger partial charge in [-0.15, -0.1) is 0 Å². The van der Waals surface area contributed by atoms with Crippen LogP contribution < -0.4 is 4.90 Å². The lowest BCUT2D eigenvalue weighted by atomic mass is 9.82. The minimum atomic E-state index is -0.138. The number of benzene rings is 10. The second-order valence-corrected chi connectivity index (χ2v) is 18.2. The van der Waals surface area contributed by atoms with Crippen molar-refractivity contribution in [1.29, 1.82) is 0 Å². The summed E-state index contributed by atoms with van der Waals surface area (Å²) in [7, 11) is 0. The average molecular weight is 844 g/mol. The van der Waals surface area contributed by atoms with Gasteiger partial charge in [0.2, 0.25) is 0 Å². The standard InChI is InChI=1S/C63H45N3/c1-63(2)53-27-11-9-26-50(53)61-54(63)28-15-31-59(61)66(48-24-14-22-44(38-48)42-19-7-4-8-20-42)60-32-16-29-56-62(60)52-40-45(33-35-55(52)64-56)46-34-36-58-51(39-46)49-25-10-12-30-57(49)65(58)47-23-13-21-43(37-47)41-17-5-3-6-18-41/h3-40,64H,1-2H3. The molecule has 1 N–H and O–H groups in total. The van der Waals surface area contributed by atoms with Gasteiger partial charge in [0, 0.05) is 54.9 Å². The number of anilines is 3. The third kappa shape index (κ3) is 5.90. The Labute approximate surface area is 384 Å². The highest BCUT2D eigenvalue weighted by Crippen LogP contribution is 2.55. The van der Waals surface area contributed by atoms with Crippen LogP contribution in [0.1, 0.15) is 25.0 Å². The Morgan fingerprint density at radius 3 is 1.80 bits per heavy atom. The number of para-hydroxylation sites is 1. The van der Waals surface area contributed by atoms with Crippen molar-refractivity contribution in [3.8, 4) is 50.2 Å². The first kappa shape index (κ1) is 38.1. The molecule has 312 valence electrons. The number of hydrogen-bond acceptors (Lipinski definition) is 1. The normalized spacial score (nSPS) is 12.8. The molecule has 2 aromatic heterocycles. The molecule has 2 heterocycles. The van der Waals surface area contributed by atoms with Crippen molar-refractivity contribution < 1.29 is 0 Å². The van der Waals surface area contributed by atoms with E-state index in [2.05, 4.69) is 259 Å². The van der Waals surface area contributed by atoms with E-state index in [-0.39, 0.29) is 5.41 Å². The minimum Gasteiger partial charge on any atom is -0.354 e. The van der Waals surface area contributed by atoms with Crippen LogP contribution in [0.25, 0.3) is 93.8 Å². The molecule has 66 heavy (non-hydrogen) atoms. The summed E-state index contributed by atoms with van der Waals surface area (Å²) in [6.45, 7) is 4.73. The Morgan fingerprint density at radius 1 is 0.394 bits per heavy atom. The van der Waals surface area contributed by atoms with E-state index in [9.17, 15) is 0 Å². The van der Waals surface area contributed by atoms with E-state index in [4.69, 9.17) is 0 Å². The number of H-pyrrole nitrogens is 1. The predicted octanol–water partition coefficient (Wildman–Crippen LogP) is 17.2. The topological polar surface area (TPSA) is 24.0 Å². The van der Waals surface area contributed by atoms with Gasteiger partial charge >= 0.3 is 0 Å². The smallest absolute Gasteiger partial charge is 0.0562 e. The number of aromatic amines is 1. The lowest BCUT2D eigenvalue weighted by molar-refractivity contribution is 0.660. The van der Waals surface area contributed by atoms with E-state index in [1.54, 1.807) is 0 Å². The van der Waals surface area contributed by atoms with Gasteiger partial charge in [0.05, 0.1) is 22.4 Å². The number of nitrogens with zero attached hydrogens (tertiary/aromatic N) is 2. The van der Waals surface area contributed by atoms with Gasteiger partial charge in [-0.3, -0.25) is 0 Å². The summed E-state index contributed by atoms with van der Waals surface area (Å²) in [5, 5.41) is 4.86. The molecule has 0 bridgehead atoms. The van der Waals surface area contributed by atoms with Gasteiger partial charge in [-0.1, -0.05) is 172 Å². The van der Waals surface area contributed by atoms with E-state index in [0.717, 1.165) is 28.1 Å². The van der Waals surface area contributed by atoms with E-state index in [1.165, 1.54) is 93.9 Å². The van der Waals surface area contributed by atoms with Crippen molar-refractivity contribution in [2.24, 2.45) is 0 Å². The molecule has 0 unspecified atom stereocenters. The monoisotopic (exact) mass is 843 g/mol. The third-order valence-corrected chi connectivity index (χ3v) is 14.1. The number of aromatic nitrogens is 2. The lowest BCUT2D eigenvalue weighted by Gasteiger charge is -2.30. The molecule has 0 spiro atoms. The molecule has 0 radical (unpaired) electrons. The first-order valence-corrected chi connectivity index (χ1v) is 22.9. The maximum Gasteiger partial charge on any atom is 0.0562 e. The summed E-state index contributed by atoms with van der Waals surface area (Å²) in [4.78, 5) is 6.35. The summed E-state index contributed by atoms with van der Waals surface area (Å²) in [5.41, 5.74) is 21.5. The van der Waals surface area contributed by atoms with Crippen LogP contribution >= 0.6 is 0 Å². The predicted molar refractivity (Wildman–Crippen MR) is 279 cm³/mol. The van der Waals surface area contributed by atoms with Gasteiger partial charge in [0.1, 0.15) is 0 Å². The zero-order chi connectivity index (χ0) is 43.9. The van der Waals surface area contributed by atoms with Crippen LogP contribution in [0, 0.1) is 0 Å². The molecule has 0 saturated carbocycles. The van der Waals surface area contributed by atoms with Crippen molar-refractivity contribution in [3.63, 3.8) is 0 Å². The molecule has 3 heteroatoms. The van der Waals surface area contributed by atoms with Crippen molar-refractivity contribution in [3.05, 3.63) is 242 Å². The van der Waals surface area contributed by atoms with Gasteiger partial charge < -0.3 is 14.5 Å². The zero-order valence-electron chi connectivity index (χ0n) is 36.8. The van der Waals surface area contributed by atoms with Crippen LogP contribution in [-0.4, -0.2) is 9.55 Å². The molecule has 13 rings (SSSR count).